The number of thioether (sulfide) groups is 1. The molecule has 0 atom stereocenters. The van der Waals surface area contributed by atoms with Gasteiger partial charge in [-0.05, 0) is 23.6 Å². The fourth-order valence-corrected chi connectivity index (χ4v) is 3.75. The van der Waals surface area contributed by atoms with Crippen molar-refractivity contribution in [2.75, 3.05) is 0 Å². The molecule has 3 heterocycles. The van der Waals surface area contributed by atoms with Crippen LogP contribution in [0.25, 0.3) is 16.4 Å². The molecule has 0 amide bonds. The largest absolute Gasteiger partial charge is 0.425 e. The summed E-state index contributed by atoms with van der Waals surface area (Å²) < 4.78 is 7.49. The molecule has 0 radical (unpaired) electrons. The van der Waals surface area contributed by atoms with Crippen molar-refractivity contribution in [3.05, 3.63) is 59.6 Å². The summed E-state index contributed by atoms with van der Waals surface area (Å²) in [5, 5.41) is 19.5. The third-order valence-corrected chi connectivity index (χ3v) is 5.06. The lowest BCUT2D eigenvalue weighted by molar-refractivity contribution is 0.485. The quantitative estimate of drug-likeness (QED) is 0.504. The van der Waals surface area contributed by atoms with Gasteiger partial charge < -0.3 is 4.42 Å². The number of nitrogens with zero attached hydrogens (tertiary/aromatic N) is 5. The SMILES string of the molecule is Cc1nnc(CSc2nnc(-c3cccs3)n2-c2ccccc2)o1. The van der Waals surface area contributed by atoms with Gasteiger partial charge in [-0.15, -0.1) is 31.7 Å². The van der Waals surface area contributed by atoms with Gasteiger partial charge >= 0.3 is 0 Å². The van der Waals surface area contributed by atoms with E-state index >= 15 is 0 Å². The summed E-state index contributed by atoms with van der Waals surface area (Å²) >= 11 is 3.17. The van der Waals surface area contributed by atoms with E-state index < -0.39 is 0 Å². The molecule has 0 bridgehead atoms. The van der Waals surface area contributed by atoms with Gasteiger partial charge in [-0.3, -0.25) is 4.57 Å². The highest BCUT2D eigenvalue weighted by Crippen LogP contribution is 2.31. The number of rotatable bonds is 5. The molecule has 24 heavy (non-hydrogen) atoms. The van der Waals surface area contributed by atoms with Gasteiger partial charge in [0.15, 0.2) is 11.0 Å². The second-order valence-electron chi connectivity index (χ2n) is 4.96. The maximum atomic E-state index is 5.43. The normalized spacial score (nSPS) is 11.0. The monoisotopic (exact) mass is 355 g/mol. The lowest BCUT2D eigenvalue weighted by atomic mass is 10.3. The van der Waals surface area contributed by atoms with E-state index in [2.05, 4.69) is 25.0 Å². The number of aryl methyl sites for hydroxylation is 1. The Morgan fingerprint density at radius 3 is 2.62 bits per heavy atom. The van der Waals surface area contributed by atoms with Crippen LogP contribution < -0.4 is 0 Å². The highest BCUT2D eigenvalue weighted by atomic mass is 32.2. The minimum Gasteiger partial charge on any atom is -0.425 e. The van der Waals surface area contributed by atoms with Crippen LogP contribution >= 0.6 is 23.1 Å². The third-order valence-electron chi connectivity index (χ3n) is 3.28. The van der Waals surface area contributed by atoms with Crippen LogP contribution in [0.4, 0.5) is 0 Å². The molecule has 0 aliphatic heterocycles. The molecule has 8 heteroatoms. The first-order chi connectivity index (χ1) is 11.8. The number of thiophene rings is 1. The highest BCUT2D eigenvalue weighted by molar-refractivity contribution is 7.98. The van der Waals surface area contributed by atoms with Gasteiger partial charge in [0.05, 0.1) is 10.6 Å². The molecule has 0 fully saturated rings. The summed E-state index contributed by atoms with van der Waals surface area (Å²) in [5.41, 5.74) is 1.02. The maximum absolute atomic E-state index is 5.43. The molecule has 3 aromatic heterocycles. The Balaban J connectivity index is 1.71. The van der Waals surface area contributed by atoms with E-state index in [1.807, 2.05) is 47.8 Å². The number of benzene rings is 1. The van der Waals surface area contributed by atoms with Gasteiger partial charge in [0.25, 0.3) is 0 Å². The summed E-state index contributed by atoms with van der Waals surface area (Å²) in [7, 11) is 0. The standard InChI is InChI=1S/C16H13N5OS2/c1-11-17-18-14(22-11)10-24-16-20-19-15(13-8-5-9-23-13)21(16)12-6-3-2-4-7-12/h2-9H,10H2,1H3. The lowest BCUT2D eigenvalue weighted by Crippen LogP contribution is -1.98. The van der Waals surface area contributed by atoms with Gasteiger partial charge in [-0.1, -0.05) is 36.0 Å². The van der Waals surface area contributed by atoms with Crippen molar-refractivity contribution in [2.45, 2.75) is 17.8 Å². The summed E-state index contributed by atoms with van der Waals surface area (Å²) in [6.07, 6.45) is 0. The summed E-state index contributed by atoms with van der Waals surface area (Å²) in [6.45, 7) is 1.78. The second-order valence-corrected chi connectivity index (χ2v) is 6.85. The molecule has 0 saturated heterocycles. The Bertz CT molecular complexity index is 931. The van der Waals surface area contributed by atoms with Crippen molar-refractivity contribution in [3.8, 4) is 16.4 Å². The van der Waals surface area contributed by atoms with E-state index in [1.54, 1.807) is 18.3 Å². The molecule has 0 N–H and O–H groups in total. The number of hydrogen-bond acceptors (Lipinski definition) is 7. The van der Waals surface area contributed by atoms with E-state index in [0.717, 1.165) is 21.5 Å². The van der Waals surface area contributed by atoms with E-state index in [0.29, 0.717) is 17.5 Å². The van der Waals surface area contributed by atoms with Gasteiger partial charge in [0.2, 0.25) is 11.8 Å². The number of para-hydroxylation sites is 1. The minimum atomic E-state index is 0.552. The average molecular weight is 355 g/mol. The molecule has 0 aliphatic carbocycles. The second kappa shape index (κ2) is 6.58. The molecular formula is C16H13N5OS2. The van der Waals surface area contributed by atoms with Crippen LogP contribution in [0.1, 0.15) is 11.8 Å². The first-order valence-corrected chi connectivity index (χ1v) is 9.14. The van der Waals surface area contributed by atoms with Crippen LogP contribution in [-0.4, -0.2) is 25.0 Å². The number of hydrogen-bond donors (Lipinski definition) is 0. The molecule has 4 aromatic rings. The molecule has 6 nitrogen and oxygen atoms in total. The fraction of sp³-hybridized carbons (Fsp3) is 0.125. The van der Waals surface area contributed by atoms with Crippen molar-refractivity contribution in [1.29, 1.82) is 0 Å². The molecule has 120 valence electrons. The Morgan fingerprint density at radius 1 is 1.04 bits per heavy atom. The van der Waals surface area contributed by atoms with Gasteiger partial charge in [-0.2, -0.15) is 0 Å². The highest BCUT2D eigenvalue weighted by Gasteiger charge is 2.17. The zero-order valence-corrected chi connectivity index (χ0v) is 14.4. The van der Waals surface area contributed by atoms with Gasteiger partial charge in [0, 0.05) is 12.6 Å². The van der Waals surface area contributed by atoms with Crippen LogP contribution in [0, 0.1) is 6.92 Å². The Labute approximate surface area is 146 Å². The lowest BCUT2D eigenvalue weighted by Gasteiger charge is -2.08. The first kappa shape index (κ1) is 15.1. The van der Waals surface area contributed by atoms with E-state index in [-0.39, 0.29) is 0 Å². The molecular weight excluding hydrogens is 342 g/mol. The van der Waals surface area contributed by atoms with Gasteiger partial charge in [-0.25, -0.2) is 0 Å². The van der Waals surface area contributed by atoms with Crippen LogP contribution in [0.15, 0.2) is 57.4 Å². The van der Waals surface area contributed by atoms with E-state index in [9.17, 15) is 0 Å². The predicted octanol–water partition coefficient (Wildman–Crippen LogP) is 3.98. The van der Waals surface area contributed by atoms with Crippen molar-refractivity contribution >= 4 is 23.1 Å². The van der Waals surface area contributed by atoms with Crippen molar-refractivity contribution < 1.29 is 4.42 Å². The van der Waals surface area contributed by atoms with Crippen LogP contribution in [-0.2, 0) is 5.75 Å². The molecule has 0 aliphatic rings. The topological polar surface area (TPSA) is 69.6 Å². The predicted molar refractivity (Wildman–Crippen MR) is 93.3 cm³/mol. The number of aromatic nitrogens is 5. The Morgan fingerprint density at radius 2 is 1.92 bits per heavy atom. The Hall–Kier alpha value is -2.45. The van der Waals surface area contributed by atoms with Crippen LogP contribution in [0.3, 0.4) is 0 Å². The smallest absolute Gasteiger partial charge is 0.226 e. The van der Waals surface area contributed by atoms with Gasteiger partial charge in [0.1, 0.15) is 0 Å². The maximum Gasteiger partial charge on any atom is 0.226 e. The van der Waals surface area contributed by atoms with E-state index in [1.165, 1.54) is 11.8 Å². The van der Waals surface area contributed by atoms with Crippen molar-refractivity contribution in [3.63, 3.8) is 0 Å². The molecule has 0 unspecified atom stereocenters. The van der Waals surface area contributed by atoms with Crippen LogP contribution in [0.5, 0.6) is 0 Å². The summed E-state index contributed by atoms with van der Waals surface area (Å²) in [4.78, 5) is 1.08. The summed E-state index contributed by atoms with van der Waals surface area (Å²) in [5.74, 6) is 2.53. The van der Waals surface area contributed by atoms with Crippen molar-refractivity contribution in [2.24, 2.45) is 0 Å². The van der Waals surface area contributed by atoms with Crippen LogP contribution in [0.2, 0.25) is 0 Å². The van der Waals surface area contributed by atoms with Crippen molar-refractivity contribution in [1.82, 2.24) is 25.0 Å². The average Bonchev–Trinajstić information content (AvgIpc) is 3.34. The molecule has 1 aromatic carbocycles. The molecule has 0 spiro atoms. The zero-order valence-electron chi connectivity index (χ0n) is 12.8. The zero-order chi connectivity index (χ0) is 16.4. The van der Waals surface area contributed by atoms with E-state index in [4.69, 9.17) is 4.42 Å². The molecule has 4 rings (SSSR count). The minimum absolute atomic E-state index is 0.552. The Kier molecular flexibility index (Phi) is 4.14. The fourth-order valence-electron chi connectivity index (χ4n) is 2.26. The summed E-state index contributed by atoms with van der Waals surface area (Å²) in [6, 6.07) is 14.1. The first-order valence-electron chi connectivity index (χ1n) is 7.28. The third kappa shape index (κ3) is 2.98. The molecule has 0 saturated carbocycles.